The molecule has 0 bridgehead atoms. The van der Waals surface area contributed by atoms with Crippen molar-refractivity contribution in [3.8, 4) is 5.88 Å². The van der Waals surface area contributed by atoms with Crippen LogP contribution in [-0.4, -0.2) is 45.0 Å². The van der Waals surface area contributed by atoms with Gasteiger partial charge in [-0.25, -0.2) is 9.37 Å². The summed E-state index contributed by atoms with van der Waals surface area (Å²) in [7, 11) is 0. The van der Waals surface area contributed by atoms with Gasteiger partial charge in [0.2, 0.25) is 10.8 Å². The number of ether oxygens (including phenoxy) is 1. The Bertz CT molecular complexity index is 946. The Morgan fingerprint density at radius 3 is 2.74 bits per heavy atom. The van der Waals surface area contributed by atoms with Gasteiger partial charge in [0.15, 0.2) is 11.9 Å². The lowest BCUT2D eigenvalue weighted by molar-refractivity contribution is -0.939. The maximum Gasteiger partial charge on any atom is 0.235 e. The minimum absolute atomic E-state index is 0.0933. The van der Waals surface area contributed by atoms with E-state index >= 15 is 0 Å². The van der Waals surface area contributed by atoms with E-state index in [1.54, 1.807) is 12.1 Å². The number of rotatable bonds is 4. The minimum atomic E-state index is -0.279. The Balaban J connectivity index is 1.82. The van der Waals surface area contributed by atoms with Crippen LogP contribution in [-0.2, 0) is 11.2 Å². The van der Waals surface area contributed by atoms with Crippen LogP contribution in [0.5, 0.6) is 5.88 Å². The van der Waals surface area contributed by atoms with Gasteiger partial charge in [0.25, 0.3) is 0 Å². The van der Waals surface area contributed by atoms with Crippen LogP contribution in [0.1, 0.15) is 43.1 Å². The molecule has 2 N–H and O–H groups in total. The summed E-state index contributed by atoms with van der Waals surface area (Å²) in [6, 6.07) is 6.42. The number of fused-ring (bicyclic) bond motifs is 1. The molecule has 1 saturated heterocycles. The highest BCUT2D eigenvalue weighted by atomic mass is 32.1. The van der Waals surface area contributed by atoms with Crippen molar-refractivity contribution in [1.29, 1.82) is 0 Å². The van der Waals surface area contributed by atoms with Crippen LogP contribution in [0.2, 0.25) is 0 Å². The summed E-state index contributed by atoms with van der Waals surface area (Å²) in [5.41, 5.74) is 0.835. The molecule has 0 spiro atoms. The number of benzene rings is 1. The van der Waals surface area contributed by atoms with Crippen molar-refractivity contribution < 1.29 is 19.1 Å². The number of nitrogens with one attached hydrogen (secondary N) is 1. The van der Waals surface area contributed by atoms with Crippen molar-refractivity contribution in [3.63, 3.8) is 0 Å². The molecule has 2 aromatic heterocycles. The summed E-state index contributed by atoms with van der Waals surface area (Å²) < 4.78 is 21.4. The standard InChI is InChI=1S/C19H23FN4O2S/c1-4-15-21-19-24(22-15)18(25)17(27-19)16(13-6-5-7-14(20)8-13)23-9-11(2)26-12(3)10-23/h5-8,11-12,16,25H,4,9-10H2,1-3H3/p+1/t11-,12-,16-/m1/s1. The molecule has 0 aliphatic carbocycles. The van der Waals surface area contributed by atoms with Crippen LogP contribution in [0.4, 0.5) is 4.39 Å². The molecule has 6 nitrogen and oxygen atoms in total. The Morgan fingerprint density at radius 1 is 1.37 bits per heavy atom. The van der Waals surface area contributed by atoms with E-state index in [0.29, 0.717) is 17.2 Å². The third kappa shape index (κ3) is 3.44. The zero-order valence-corrected chi connectivity index (χ0v) is 16.5. The predicted octanol–water partition coefficient (Wildman–Crippen LogP) is 1.98. The van der Waals surface area contributed by atoms with Gasteiger partial charge < -0.3 is 14.7 Å². The number of quaternary nitrogens is 1. The van der Waals surface area contributed by atoms with Gasteiger partial charge in [-0.2, -0.15) is 4.52 Å². The second-order valence-corrected chi connectivity index (χ2v) is 8.19. The van der Waals surface area contributed by atoms with Crippen molar-refractivity contribution >= 4 is 16.3 Å². The van der Waals surface area contributed by atoms with Gasteiger partial charge >= 0.3 is 0 Å². The smallest absolute Gasteiger partial charge is 0.235 e. The molecule has 1 aromatic carbocycles. The lowest BCUT2D eigenvalue weighted by atomic mass is 10.0. The molecule has 0 radical (unpaired) electrons. The highest BCUT2D eigenvalue weighted by Crippen LogP contribution is 2.35. The number of nitrogens with zero attached hydrogens (tertiary/aromatic N) is 3. The molecule has 0 saturated carbocycles. The first-order valence-corrected chi connectivity index (χ1v) is 10.1. The number of thiazole rings is 1. The van der Waals surface area contributed by atoms with Crippen molar-refractivity contribution in [2.75, 3.05) is 13.1 Å². The van der Waals surface area contributed by atoms with Crippen molar-refractivity contribution in [2.24, 2.45) is 0 Å². The first-order valence-electron chi connectivity index (χ1n) is 9.29. The van der Waals surface area contributed by atoms with Gasteiger partial charge in [0, 0.05) is 12.0 Å². The fourth-order valence-electron chi connectivity index (χ4n) is 3.94. The van der Waals surface area contributed by atoms with Gasteiger partial charge in [-0.3, -0.25) is 0 Å². The largest absolute Gasteiger partial charge is 0.492 e. The number of hydrogen-bond acceptors (Lipinski definition) is 5. The van der Waals surface area contributed by atoms with E-state index in [1.165, 1.54) is 26.8 Å². The zero-order chi connectivity index (χ0) is 19.1. The van der Waals surface area contributed by atoms with E-state index in [2.05, 4.69) is 23.9 Å². The highest BCUT2D eigenvalue weighted by molar-refractivity contribution is 7.17. The average Bonchev–Trinajstić information content (AvgIpc) is 3.14. The fraction of sp³-hybridized carbons (Fsp3) is 0.474. The van der Waals surface area contributed by atoms with Crippen LogP contribution in [0.3, 0.4) is 0 Å². The maximum atomic E-state index is 14.0. The normalized spacial score (nSPS) is 24.4. The predicted molar refractivity (Wildman–Crippen MR) is 101 cm³/mol. The lowest BCUT2D eigenvalue weighted by Crippen LogP contribution is -3.15. The second-order valence-electron chi connectivity index (χ2n) is 7.18. The molecule has 4 rings (SSSR count). The molecular weight excluding hydrogens is 367 g/mol. The highest BCUT2D eigenvalue weighted by Gasteiger charge is 2.37. The number of morpholine rings is 1. The SMILES string of the molecule is CCc1nc2sc([C@@H](c3cccc(F)c3)[NH+]3C[C@@H](C)O[C@H](C)C3)c(O)n2n1. The summed E-state index contributed by atoms with van der Waals surface area (Å²) in [5.74, 6) is 0.514. The van der Waals surface area contributed by atoms with Gasteiger partial charge in [-0.1, -0.05) is 30.4 Å². The van der Waals surface area contributed by atoms with Crippen molar-refractivity contribution in [1.82, 2.24) is 14.6 Å². The molecule has 1 aliphatic heterocycles. The molecule has 144 valence electrons. The molecule has 27 heavy (non-hydrogen) atoms. The van der Waals surface area contributed by atoms with E-state index < -0.39 is 0 Å². The summed E-state index contributed by atoms with van der Waals surface area (Å²) in [5, 5.41) is 15.3. The maximum absolute atomic E-state index is 14.0. The zero-order valence-electron chi connectivity index (χ0n) is 15.6. The van der Waals surface area contributed by atoms with Crippen LogP contribution in [0, 0.1) is 5.82 Å². The Morgan fingerprint density at radius 2 is 2.11 bits per heavy atom. The van der Waals surface area contributed by atoms with Gasteiger partial charge in [0.05, 0.1) is 0 Å². The van der Waals surface area contributed by atoms with Gasteiger partial charge in [0.1, 0.15) is 36.0 Å². The lowest BCUT2D eigenvalue weighted by Gasteiger charge is -2.37. The molecule has 8 heteroatoms. The molecular formula is C19H24FN4O2S+. The molecule has 1 fully saturated rings. The van der Waals surface area contributed by atoms with Crippen LogP contribution >= 0.6 is 11.3 Å². The number of hydrogen-bond donors (Lipinski definition) is 2. The van der Waals surface area contributed by atoms with Crippen LogP contribution < -0.4 is 4.90 Å². The number of aryl methyl sites for hydroxylation is 1. The molecule has 3 atom stereocenters. The third-order valence-electron chi connectivity index (χ3n) is 4.98. The van der Waals surface area contributed by atoms with E-state index in [-0.39, 0.29) is 29.9 Å². The topological polar surface area (TPSA) is 64.1 Å². The summed E-state index contributed by atoms with van der Waals surface area (Å²) in [6.45, 7) is 7.63. The molecule has 3 heterocycles. The molecule has 0 unspecified atom stereocenters. The monoisotopic (exact) mass is 391 g/mol. The Hall–Kier alpha value is -2.03. The first kappa shape index (κ1) is 18.3. The second kappa shape index (κ2) is 7.18. The average molecular weight is 391 g/mol. The Labute approximate surface area is 161 Å². The van der Waals surface area contributed by atoms with E-state index in [9.17, 15) is 9.50 Å². The van der Waals surface area contributed by atoms with Gasteiger partial charge in [-0.15, -0.1) is 5.10 Å². The third-order valence-corrected chi connectivity index (χ3v) is 6.06. The quantitative estimate of drug-likeness (QED) is 0.714. The fourth-order valence-corrected chi connectivity index (χ4v) is 5.10. The summed E-state index contributed by atoms with van der Waals surface area (Å²) in [6.07, 6.45) is 0.895. The molecule has 3 aromatic rings. The van der Waals surface area contributed by atoms with Crippen LogP contribution in [0.25, 0.3) is 4.96 Å². The van der Waals surface area contributed by atoms with Crippen molar-refractivity contribution in [3.05, 3.63) is 46.3 Å². The van der Waals surface area contributed by atoms with E-state index in [1.807, 2.05) is 13.0 Å². The van der Waals surface area contributed by atoms with E-state index in [0.717, 1.165) is 23.5 Å². The molecule has 0 amide bonds. The van der Waals surface area contributed by atoms with Crippen molar-refractivity contribution in [2.45, 2.75) is 45.4 Å². The van der Waals surface area contributed by atoms with Crippen LogP contribution in [0.15, 0.2) is 24.3 Å². The number of aromatic hydroxyl groups is 1. The Kier molecular flexibility index (Phi) is 4.88. The number of aromatic nitrogens is 3. The van der Waals surface area contributed by atoms with Gasteiger partial charge in [-0.05, 0) is 26.0 Å². The minimum Gasteiger partial charge on any atom is -0.492 e. The number of halogens is 1. The molecule has 1 aliphatic rings. The van der Waals surface area contributed by atoms with E-state index in [4.69, 9.17) is 4.74 Å². The summed E-state index contributed by atoms with van der Waals surface area (Å²) >= 11 is 1.42. The summed E-state index contributed by atoms with van der Waals surface area (Å²) in [4.78, 5) is 7.14. The first-order chi connectivity index (χ1) is 13.0.